The molecule has 0 aromatic rings. The van der Waals surface area contributed by atoms with E-state index in [9.17, 15) is 0 Å². The molecule has 1 nitrogen and oxygen atoms in total. The van der Waals surface area contributed by atoms with Crippen molar-refractivity contribution in [2.75, 3.05) is 6.54 Å². The molecule has 0 saturated carbocycles. The molecule has 1 aliphatic heterocycles. The molecule has 2 rings (SSSR count). The molecule has 0 bridgehead atoms. The monoisotopic (exact) mass is 155 g/mol. The van der Waals surface area contributed by atoms with Crippen molar-refractivity contribution in [2.45, 2.75) is 25.7 Å². The van der Waals surface area contributed by atoms with Crippen molar-refractivity contribution in [3.63, 3.8) is 0 Å². The molecular formula is C8H13NS. The molecule has 2 aliphatic rings. The summed E-state index contributed by atoms with van der Waals surface area (Å²) >= 11 is 4.38. The van der Waals surface area contributed by atoms with E-state index in [0.29, 0.717) is 0 Å². The van der Waals surface area contributed by atoms with Crippen LogP contribution in [-0.2, 0) is 0 Å². The van der Waals surface area contributed by atoms with Gasteiger partial charge in [-0.1, -0.05) is 18.9 Å². The minimum atomic E-state index is 0.853. The molecule has 0 spiro atoms. The molecule has 56 valence electrons. The third kappa shape index (κ3) is 0.947. The second kappa shape index (κ2) is 2.50. The first-order valence-corrected chi connectivity index (χ1v) is 4.44. The minimum Gasteiger partial charge on any atom is -0.323 e. The van der Waals surface area contributed by atoms with Crippen LogP contribution in [0.1, 0.15) is 25.7 Å². The molecule has 10 heavy (non-hydrogen) atoms. The van der Waals surface area contributed by atoms with Crippen molar-refractivity contribution in [3.8, 4) is 0 Å². The fourth-order valence-electron chi connectivity index (χ4n) is 1.94. The fourth-order valence-corrected chi connectivity index (χ4v) is 2.30. The van der Waals surface area contributed by atoms with Gasteiger partial charge in [-0.15, -0.1) is 0 Å². The summed E-state index contributed by atoms with van der Waals surface area (Å²) in [5.74, 6) is 0.853. The highest BCUT2D eigenvalue weighted by molar-refractivity contribution is 7.77. The summed E-state index contributed by atoms with van der Waals surface area (Å²) in [6, 6.07) is 0. The molecule has 0 radical (unpaired) electrons. The lowest BCUT2D eigenvalue weighted by atomic mass is 9.93. The van der Waals surface area contributed by atoms with Gasteiger partial charge >= 0.3 is 0 Å². The summed E-state index contributed by atoms with van der Waals surface area (Å²) in [4.78, 5) is 0. The van der Waals surface area contributed by atoms with E-state index in [0.717, 1.165) is 12.5 Å². The van der Waals surface area contributed by atoms with Crippen molar-refractivity contribution < 1.29 is 0 Å². The van der Waals surface area contributed by atoms with E-state index >= 15 is 0 Å². The largest absolute Gasteiger partial charge is 0.323 e. The zero-order valence-corrected chi connectivity index (χ0v) is 6.98. The number of thiol groups is 1. The molecule has 1 heterocycles. The van der Waals surface area contributed by atoms with E-state index in [2.05, 4.69) is 23.2 Å². The summed E-state index contributed by atoms with van der Waals surface area (Å²) in [7, 11) is 0. The second-order valence-electron chi connectivity index (χ2n) is 3.17. The number of rotatable bonds is 0. The molecule has 2 heteroatoms. The van der Waals surface area contributed by atoms with E-state index in [1.165, 1.54) is 31.4 Å². The highest BCUT2D eigenvalue weighted by atomic mass is 32.1. The van der Waals surface area contributed by atoms with Gasteiger partial charge in [0.15, 0.2) is 0 Å². The quantitative estimate of drug-likeness (QED) is 0.525. The average Bonchev–Trinajstić information content (AvgIpc) is 2.34. The third-order valence-electron chi connectivity index (χ3n) is 2.52. The number of allylic oxidation sites excluding steroid dienone is 2. The summed E-state index contributed by atoms with van der Waals surface area (Å²) in [6.45, 7) is 1.15. The van der Waals surface area contributed by atoms with Crippen LogP contribution in [0.4, 0.5) is 0 Å². The van der Waals surface area contributed by atoms with Crippen LogP contribution in [0.25, 0.3) is 0 Å². The summed E-state index contributed by atoms with van der Waals surface area (Å²) < 4.78 is 2.11. The maximum atomic E-state index is 4.38. The van der Waals surface area contributed by atoms with Crippen LogP contribution in [0.5, 0.6) is 0 Å². The summed E-state index contributed by atoms with van der Waals surface area (Å²) in [6.07, 6.45) is 7.73. The van der Waals surface area contributed by atoms with Crippen LogP contribution >= 0.6 is 12.8 Å². The zero-order valence-electron chi connectivity index (χ0n) is 6.08. The smallest absolute Gasteiger partial charge is 0.0296 e. The Kier molecular flexibility index (Phi) is 1.65. The lowest BCUT2D eigenvalue weighted by Crippen LogP contribution is -2.08. The minimum absolute atomic E-state index is 0.853. The third-order valence-corrected chi connectivity index (χ3v) is 2.95. The molecule has 1 saturated heterocycles. The van der Waals surface area contributed by atoms with E-state index in [-0.39, 0.29) is 0 Å². The molecule has 0 aromatic carbocycles. The Morgan fingerprint density at radius 3 is 3.20 bits per heavy atom. The van der Waals surface area contributed by atoms with E-state index in [1.807, 2.05) is 0 Å². The standard InChI is InChI=1S/C8H13NS/c10-9-6-5-7-3-1-2-4-8(7)9/h4,7,10H,1-3,5-6H2. The molecule has 1 atom stereocenters. The average molecular weight is 155 g/mol. The van der Waals surface area contributed by atoms with Gasteiger partial charge in [-0.2, -0.15) is 0 Å². The van der Waals surface area contributed by atoms with Crippen LogP contribution in [-0.4, -0.2) is 10.8 Å². The Labute approximate surface area is 67.6 Å². The van der Waals surface area contributed by atoms with Gasteiger partial charge in [-0.25, -0.2) is 0 Å². The van der Waals surface area contributed by atoms with Gasteiger partial charge in [0.1, 0.15) is 0 Å². The Bertz CT molecular complexity index is 165. The SMILES string of the molecule is SN1CCC2CCCC=C21. The van der Waals surface area contributed by atoms with Crippen molar-refractivity contribution >= 4 is 12.8 Å². The maximum Gasteiger partial charge on any atom is 0.0296 e. The van der Waals surface area contributed by atoms with Gasteiger partial charge in [0.25, 0.3) is 0 Å². The zero-order chi connectivity index (χ0) is 6.97. The molecule has 1 fully saturated rings. The predicted octanol–water partition coefficient (Wildman–Crippen LogP) is 2.22. The van der Waals surface area contributed by atoms with Gasteiger partial charge in [0.2, 0.25) is 0 Å². The Hall–Kier alpha value is -0.110. The molecular weight excluding hydrogens is 142 g/mol. The van der Waals surface area contributed by atoms with Crippen molar-refractivity contribution in [1.82, 2.24) is 4.31 Å². The van der Waals surface area contributed by atoms with Crippen molar-refractivity contribution in [3.05, 3.63) is 11.8 Å². The van der Waals surface area contributed by atoms with E-state index in [4.69, 9.17) is 0 Å². The number of hydrogen-bond acceptors (Lipinski definition) is 2. The van der Waals surface area contributed by atoms with Crippen LogP contribution in [0, 0.1) is 5.92 Å². The van der Waals surface area contributed by atoms with Crippen LogP contribution in [0.15, 0.2) is 11.8 Å². The van der Waals surface area contributed by atoms with Crippen molar-refractivity contribution in [1.29, 1.82) is 0 Å². The first kappa shape index (κ1) is 6.59. The Morgan fingerprint density at radius 1 is 1.50 bits per heavy atom. The number of hydrogen-bond donors (Lipinski definition) is 1. The second-order valence-corrected chi connectivity index (χ2v) is 3.65. The molecule has 1 aliphatic carbocycles. The molecule has 0 N–H and O–H groups in total. The number of nitrogens with zero attached hydrogens (tertiary/aromatic N) is 1. The Morgan fingerprint density at radius 2 is 2.40 bits per heavy atom. The van der Waals surface area contributed by atoms with Crippen molar-refractivity contribution in [2.24, 2.45) is 5.92 Å². The van der Waals surface area contributed by atoms with Gasteiger partial charge in [-0.3, -0.25) is 0 Å². The van der Waals surface area contributed by atoms with Gasteiger partial charge in [0.05, 0.1) is 0 Å². The highest BCUT2D eigenvalue weighted by Crippen LogP contribution is 2.36. The lowest BCUT2D eigenvalue weighted by Gasteiger charge is -2.19. The van der Waals surface area contributed by atoms with Gasteiger partial charge < -0.3 is 4.31 Å². The lowest BCUT2D eigenvalue weighted by molar-refractivity contribution is 0.521. The van der Waals surface area contributed by atoms with Crippen LogP contribution in [0.2, 0.25) is 0 Å². The maximum absolute atomic E-state index is 4.38. The fraction of sp³-hybridized carbons (Fsp3) is 0.750. The summed E-state index contributed by atoms with van der Waals surface area (Å²) in [5, 5.41) is 0. The number of fused-ring (bicyclic) bond motifs is 1. The normalized spacial score (nSPS) is 31.9. The first-order chi connectivity index (χ1) is 4.88. The molecule has 0 aromatic heterocycles. The molecule has 0 amide bonds. The highest BCUT2D eigenvalue weighted by Gasteiger charge is 2.26. The van der Waals surface area contributed by atoms with Crippen LogP contribution < -0.4 is 0 Å². The van der Waals surface area contributed by atoms with Gasteiger partial charge in [0, 0.05) is 18.2 Å². The topological polar surface area (TPSA) is 3.24 Å². The Balaban J connectivity index is 2.19. The summed E-state index contributed by atoms with van der Waals surface area (Å²) in [5.41, 5.74) is 1.49. The predicted molar refractivity (Wildman–Crippen MR) is 45.7 cm³/mol. The van der Waals surface area contributed by atoms with E-state index in [1.54, 1.807) is 0 Å². The molecule has 1 unspecified atom stereocenters. The first-order valence-electron chi connectivity index (χ1n) is 4.04. The van der Waals surface area contributed by atoms with Crippen LogP contribution in [0.3, 0.4) is 0 Å². The van der Waals surface area contributed by atoms with Gasteiger partial charge in [-0.05, 0) is 25.7 Å². The van der Waals surface area contributed by atoms with E-state index < -0.39 is 0 Å².